The van der Waals surface area contributed by atoms with E-state index >= 15 is 0 Å². The number of benzene rings is 3. The summed E-state index contributed by atoms with van der Waals surface area (Å²) in [4.78, 5) is 10.3. The van der Waals surface area contributed by atoms with Crippen molar-refractivity contribution in [1.82, 2.24) is 10.2 Å². The number of H-pyrrole nitrogens is 1. The van der Waals surface area contributed by atoms with E-state index in [1.165, 1.54) is 17.7 Å². The smallest absolute Gasteiger partial charge is 0.155 e. The van der Waals surface area contributed by atoms with Crippen LogP contribution in [0.3, 0.4) is 0 Å². The highest BCUT2D eigenvalue weighted by atomic mass is 19.1. The average Bonchev–Trinajstić information content (AvgIpc) is 3.16. The summed E-state index contributed by atoms with van der Waals surface area (Å²) in [6.45, 7) is 4.27. The molecule has 31 heavy (non-hydrogen) atoms. The van der Waals surface area contributed by atoms with Crippen molar-refractivity contribution in [3.8, 4) is 0 Å². The maximum atomic E-state index is 13.2. The van der Waals surface area contributed by atoms with Gasteiger partial charge in [0, 0.05) is 24.1 Å². The van der Waals surface area contributed by atoms with E-state index in [1.807, 2.05) is 42.5 Å². The van der Waals surface area contributed by atoms with Gasteiger partial charge in [-0.1, -0.05) is 44.2 Å². The number of aromatic amines is 1. The Bertz CT molecular complexity index is 1150. The molecule has 6 heteroatoms. The van der Waals surface area contributed by atoms with Crippen LogP contribution in [-0.4, -0.2) is 23.5 Å². The zero-order valence-corrected chi connectivity index (χ0v) is 17.7. The Morgan fingerprint density at radius 2 is 1.65 bits per heavy atom. The van der Waals surface area contributed by atoms with Crippen molar-refractivity contribution in [3.05, 3.63) is 94.6 Å². The Morgan fingerprint density at radius 3 is 2.23 bits per heavy atom. The number of halogens is 2. The summed E-state index contributed by atoms with van der Waals surface area (Å²) in [6.07, 6.45) is 1.34. The molecule has 160 valence electrons. The molecule has 2 N–H and O–H groups in total. The number of aromatic nitrogens is 2. The Morgan fingerprint density at radius 1 is 0.968 bits per heavy atom. The van der Waals surface area contributed by atoms with Crippen LogP contribution in [0.15, 0.2) is 60.7 Å². The molecule has 0 bridgehead atoms. The number of anilines is 1. The normalized spacial score (nSPS) is 10.6. The lowest BCUT2D eigenvalue weighted by molar-refractivity contribution is 0.112. The van der Waals surface area contributed by atoms with E-state index in [0.717, 1.165) is 40.2 Å². The molecule has 0 aliphatic carbocycles. The number of fused-ring (bicyclic) bond motifs is 1. The molecule has 0 saturated heterocycles. The summed E-state index contributed by atoms with van der Waals surface area (Å²) in [7, 11) is 1.80. The van der Waals surface area contributed by atoms with E-state index in [0.29, 0.717) is 17.9 Å². The third kappa shape index (κ3) is 5.75. The summed E-state index contributed by atoms with van der Waals surface area (Å²) < 4.78 is 26.4. The molecular formula is C25H25F2N3O. The van der Waals surface area contributed by atoms with Crippen molar-refractivity contribution in [3.63, 3.8) is 0 Å². The molecule has 0 unspecified atom stereocenters. The summed E-state index contributed by atoms with van der Waals surface area (Å²) >= 11 is 0. The predicted molar refractivity (Wildman–Crippen MR) is 121 cm³/mol. The van der Waals surface area contributed by atoms with Gasteiger partial charge in [-0.2, -0.15) is 5.10 Å². The molecule has 0 atom stereocenters. The number of hydrogen-bond donors (Lipinski definition) is 2. The number of rotatable bonds is 5. The molecule has 1 heterocycles. The summed E-state index contributed by atoms with van der Waals surface area (Å²) in [6, 6.07) is 17.1. The molecule has 4 aromatic rings. The minimum atomic E-state index is -0.555. The maximum absolute atomic E-state index is 13.2. The highest BCUT2D eigenvalue weighted by Gasteiger charge is 2.07. The van der Waals surface area contributed by atoms with E-state index in [9.17, 15) is 13.6 Å². The lowest BCUT2D eigenvalue weighted by Gasteiger charge is -2.04. The van der Waals surface area contributed by atoms with E-state index in [1.54, 1.807) is 7.05 Å². The van der Waals surface area contributed by atoms with Gasteiger partial charge in [-0.15, -0.1) is 0 Å². The molecule has 0 aliphatic heterocycles. The third-order valence-corrected chi connectivity index (χ3v) is 4.93. The van der Waals surface area contributed by atoms with Gasteiger partial charge < -0.3 is 5.32 Å². The van der Waals surface area contributed by atoms with E-state index in [4.69, 9.17) is 0 Å². The molecule has 0 amide bonds. The number of hydrogen-bond acceptors (Lipinski definition) is 3. The Hall–Kier alpha value is -3.54. The fourth-order valence-corrected chi connectivity index (χ4v) is 3.27. The molecule has 1 aromatic heterocycles. The van der Waals surface area contributed by atoms with Gasteiger partial charge in [-0.25, -0.2) is 8.78 Å². The first kappa shape index (κ1) is 22.2. The van der Waals surface area contributed by atoms with Crippen molar-refractivity contribution in [2.24, 2.45) is 0 Å². The maximum Gasteiger partial charge on any atom is 0.155 e. The van der Waals surface area contributed by atoms with Crippen LogP contribution in [-0.2, 0) is 6.42 Å². The highest BCUT2D eigenvalue weighted by molar-refractivity contribution is 5.90. The van der Waals surface area contributed by atoms with Gasteiger partial charge in [0.15, 0.2) is 5.82 Å². The van der Waals surface area contributed by atoms with Crippen LogP contribution in [0.25, 0.3) is 10.9 Å². The van der Waals surface area contributed by atoms with Gasteiger partial charge in [-0.05, 0) is 53.3 Å². The van der Waals surface area contributed by atoms with E-state index in [-0.39, 0.29) is 0 Å². The largest absolute Gasteiger partial charge is 0.371 e. The zero-order chi connectivity index (χ0) is 22.4. The monoisotopic (exact) mass is 421 g/mol. The lowest BCUT2D eigenvalue weighted by atomic mass is 10.0. The number of carbonyl (C=O) groups excluding carboxylic acids is 1. The number of nitrogens with one attached hydrogen (secondary N) is 2. The molecule has 0 aliphatic rings. The highest BCUT2D eigenvalue weighted by Crippen LogP contribution is 2.23. The molecular weight excluding hydrogens is 396 g/mol. The second-order valence-electron chi connectivity index (χ2n) is 7.60. The van der Waals surface area contributed by atoms with E-state index < -0.39 is 11.6 Å². The summed E-state index contributed by atoms with van der Waals surface area (Å²) in [5.41, 5.74) is 4.52. The fourth-order valence-electron chi connectivity index (χ4n) is 3.27. The topological polar surface area (TPSA) is 57.8 Å². The first-order valence-corrected chi connectivity index (χ1v) is 10.0. The van der Waals surface area contributed by atoms with Crippen LogP contribution in [0.1, 0.15) is 46.8 Å². The van der Waals surface area contributed by atoms with E-state index in [2.05, 4.69) is 29.4 Å². The minimum absolute atomic E-state index is 0.471. The number of aldehydes is 1. The van der Waals surface area contributed by atoms with Crippen molar-refractivity contribution in [2.75, 3.05) is 12.4 Å². The third-order valence-electron chi connectivity index (χ3n) is 4.93. The van der Waals surface area contributed by atoms with Gasteiger partial charge in [0.2, 0.25) is 0 Å². The standard InChI is InChI=1S/C15H13F2N3.C10H12O/c1-18-15-13-7-9(2-3-14(13)19-20-15)4-10-5-11(16)8-12(17)6-10;1-8(2)10-5-3-9(7-11)4-6-10/h2-3,5-8H,4H2,1H3,(H2,18,19,20);3-8H,1-2H3. The van der Waals surface area contributed by atoms with Crippen LogP contribution < -0.4 is 5.32 Å². The lowest BCUT2D eigenvalue weighted by Crippen LogP contribution is -1.92. The molecule has 0 spiro atoms. The Balaban J connectivity index is 0.000000210. The van der Waals surface area contributed by atoms with Crippen molar-refractivity contribution in [1.29, 1.82) is 0 Å². The van der Waals surface area contributed by atoms with Crippen LogP contribution in [0.5, 0.6) is 0 Å². The van der Waals surface area contributed by atoms with Gasteiger partial charge >= 0.3 is 0 Å². The van der Waals surface area contributed by atoms with Crippen LogP contribution in [0.2, 0.25) is 0 Å². The van der Waals surface area contributed by atoms with Gasteiger partial charge in [0.25, 0.3) is 0 Å². The first-order valence-electron chi connectivity index (χ1n) is 10.0. The summed E-state index contributed by atoms with van der Waals surface area (Å²) in [5.74, 6) is 0.184. The number of nitrogens with zero attached hydrogens (tertiary/aromatic N) is 1. The average molecular weight is 421 g/mol. The molecule has 4 rings (SSSR count). The fraction of sp³-hybridized carbons (Fsp3) is 0.200. The molecule has 3 aromatic carbocycles. The van der Waals surface area contributed by atoms with Crippen molar-refractivity contribution >= 4 is 23.0 Å². The zero-order valence-electron chi connectivity index (χ0n) is 17.7. The van der Waals surface area contributed by atoms with Crippen molar-refractivity contribution < 1.29 is 13.6 Å². The Labute approximate surface area is 180 Å². The molecule has 0 fully saturated rings. The summed E-state index contributed by atoms with van der Waals surface area (Å²) in [5, 5.41) is 11.0. The van der Waals surface area contributed by atoms with Gasteiger partial charge in [-0.3, -0.25) is 9.89 Å². The second-order valence-corrected chi connectivity index (χ2v) is 7.60. The second kappa shape index (κ2) is 9.98. The minimum Gasteiger partial charge on any atom is -0.371 e. The predicted octanol–water partition coefficient (Wildman–Crippen LogP) is 6.10. The van der Waals surface area contributed by atoms with Crippen LogP contribution in [0.4, 0.5) is 14.6 Å². The number of carbonyl (C=O) groups is 1. The van der Waals surface area contributed by atoms with Crippen molar-refractivity contribution in [2.45, 2.75) is 26.2 Å². The Kier molecular flexibility index (Phi) is 7.13. The first-order chi connectivity index (χ1) is 14.9. The molecule has 0 saturated carbocycles. The SMILES string of the molecule is CC(C)c1ccc(C=O)cc1.CNc1n[nH]c2ccc(Cc3cc(F)cc(F)c3)cc12. The molecule has 0 radical (unpaired) electrons. The molecule has 4 nitrogen and oxygen atoms in total. The van der Waals surface area contributed by atoms with Gasteiger partial charge in [0.1, 0.15) is 17.9 Å². The van der Waals surface area contributed by atoms with Crippen LogP contribution in [0, 0.1) is 11.6 Å². The van der Waals surface area contributed by atoms with Crippen LogP contribution >= 0.6 is 0 Å². The quantitative estimate of drug-likeness (QED) is 0.383. The van der Waals surface area contributed by atoms with Gasteiger partial charge in [0.05, 0.1) is 5.52 Å².